The second-order valence-corrected chi connectivity index (χ2v) is 8.13. The first kappa shape index (κ1) is 19.4. The molecule has 2 amide bonds. The molecule has 0 fully saturated rings. The smallest absolute Gasteiger partial charge is 0.318 e. The molecule has 4 heterocycles. The van der Waals surface area contributed by atoms with Crippen molar-refractivity contribution in [3.63, 3.8) is 0 Å². The van der Waals surface area contributed by atoms with Gasteiger partial charge in [-0.2, -0.15) is 14.6 Å². The minimum atomic E-state index is -0.616. The van der Waals surface area contributed by atoms with E-state index in [9.17, 15) is 14.4 Å². The monoisotopic (exact) mass is 459 g/mol. The quantitative estimate of drug-likeness (QED) is 0.238. The summed E-state index contributed by atoms with van der Waals surface area (Å²) in [5.41, 5.74) is 2.75. The fraction of sp³-hybridized carbons (Fsp3) is 0.0952. The number of imide groups is 1. The van der Waals surface area contributed by atoms with Crippen molar-refractivity contribution in [1.29, 1.82) is 0 Å². The van der Waals surface area contributed by atoms with E-state index in [0.717, 1.165) is 27.6 Å². The molecule has 3 aromatic heterocycles. The Morgan fingerprint density at radius 3 is 2.52 bits per heavy atom. The second kappa shape index (κ2) is 7.38. The summed E-state index contributed by atoms with van der Waals surface area (Å²) in [6, 6.07) is 14.2. The summed E-state index contributed by atoms with van der Waals surface area (Å²) < 4.78 is 6.61. The molecular formula is C21H13N7O4S. The topological polar surface area (TPSA) is 135 Å². The normalized spacial score (nSPS) is 13.4. The number of ether oxygens (including phenoxy) is 1. The number of nitrogens with zero attached hydrogens (tertiary/aromatic N) is 6. The van der Waals surface area contributed by atoms with Gasteiger partial charge in [0.1, 0.15) is 5.52 Å². The van der Waals surface area contributed by atoms with Crippen LogP contribution < -0.4 is 0 Å². The van der Waals surface area contributed by atoms with Gasteiger partial charge in [-0.15, -0.1) is 10.2 Å². The van der Waals surface area contributed by atoms with Gasteiger partial charge in [0.2, 0.25) is 5.16 Å². The number of aromatic nitrogens is 6. The van der Waals surface area contributed by atoms with Crippen molar-refractivity contribution < 1.29 is 19.1 Å². The fourth-order valence-electron chi connectivity index (χ4n) is 3.66. The van der Waals surface area contributed by atoms with E-state index in [0.29, 0.717) is 27.4 Å². The highest BCUT2D eigenvalue weighted by atomic mass is 32.2. The van der Waals surface area contributed by atoms with Gasteiger partial charge in [0.05, 0.1) is 16.9 Å². The number of nitrogens with one attached hydrogen (secondary N) is 1. The number of thioether (sulfide) groups is 1. The van der Waals surface area contributed by atoms with E-state index in [2.05, 4.69) is 25.3 Å². The van der Waals surface area contributed by atoms with Crippen molar-refractivity contribution in [3.8, 4) is 0 Å². The summed E-state index contributed by atoms with van der Waals surface area (Å²) >= 11 is 1.07. The molecule has 12 heteroatoms. The summed E-state index contributed by atoms with van der Waals surface area (Å²) in [6.07, 6.45) is 0. The van der Waals surface area contributed by atoms with Crippen molar-refractivity contribution >= 4 is 57.4 Å². The third kappa shape index (κ3) is 3.10. The molecule has 2 aromatic carbocycles. The minimum Gasteiger partial charge on any atom is -0.443 e. The number of esters is 1. The number of amides is 2. The van der Waals surface area contributed by atoms with Gasteiger partial charge in [-0.3, -0.25) is 14.4 Å². The zero-order chi connectivity index (χ0) is 22.5. The van der Waals surface area contributed by atoms with Crippen molar-refractivity contribution in [1.82, 2.24) is 34.7 Å². The lowest BCUT2D eigenvalue weighted by Crippen LogP contribution is -2.33. The predicted molar refractivity (Wildman–Crippen MR) is 117 cm³/mol. The summed E-state index contributed by atoms with van der Waals surface area (Å²) in [5.74, 6) is -1.42. The number of para-hydroxylation sites is 1. The van der Waals surface area contributed by atoms with Crippen molar-refractivity contribution in [2.24, 2.45) is 0 Å². The van der Waals surface area contributed by atoms with E-state index in [1.807, 2.05) is 24.3 Å². The Morgan fingerprint density at radius 2 is 1.73 bits per heavy atom. The number of benzene rings is 2. The van der Waals surface area contributed by atoms with Gasteiger partial charge in [0.25, 0.3) is 17.6 Å². The summed E-state index contributed by atoms with van der Waals surface area (Å²) in [5, 5.41) is 13.9. The molecule has 11 nitrogen and oxygen atoms in total. The lowest BCUT2D eigenvalue weighted by Gasteiger charge is -2.13. The van der Waals surface area contributed by atoms with Gasteiger partial charge >= 0.3 is 5.97 Å². The van der Waals surface area contributed by atoms with Crippen LogP contribution in [-0.4, -0.2) is 64.9 Å². The van der Waals surface area contributed by atoms with Gasteiger partial charge < -0.3 is 9.72 Å². The maximum absolute atomic E-state index is 12.4. The fourth-order valence-corrected chi connectivity index (χ4v) is 4.33. The van der Waals surface area contributed by atoms with Crippen molar-refractivity contribution in [2.75, 3.05) is 12.5 Å². The number of hydrogen-bond acceptors (Lipinski definition) is 9. The van der Waals surface area contributed by atoms with E-state index in [1.54, 1.807) is 24.3 Å². The highest BCUT2D eigenvalue weighted by Gasteiger charge is 2.35. The molecular weight excluding hydrogens is 446 g/mol. The maximum atomic E-state index is 12.4. The van der Waals surface area contributed by atoms with E-state index in [4.69, 9.17) is 4.74 Å². The van der Waals surface area contributed by atoms with Crippen LogP contribution in [0, 0.1) is 0 Å². The lowest BCUT2D eigenvalue weighted by molar-refractivity contribution is -0.142. The van der Waals surface area contributed by atoms with Crippen molar-refractivity contribution in [2.45, 2.75) is 5.16 Å². The molecule has 5 aromatic rings. The summed E-state index contributed by atoms with van der Waals surface area (Å²) in [6.45, 7) is -0.456. The van der Waals surface area contributed by atoms with Crippen molar-refractivity contribution in [3.05, 3.63) is 59.7 Å². The zero-order valence-electron chi connectivity index (χ0n) is 16.8. The second-order valence-electron chi connectivity index (χ2n) is 7.19. The molecule has 1 N–H and O–H groups in total. The molecule has 0 saturated carbocycles. The highest BCUT2D eigenvalue weighted by molar-refractivity contribution is 7.99. The van der Waals surface area contributed by atoms with E-state index >= 15 is 0 Å². The summed E-state index contributed by atoms with van der Waals surface area (Å²) in [7, 11) is 0. The molecule has 0 saturated heterocycles. The SMILES string of the molecule is O=C(CSc1nnc2nc3[nH]c4ccccc4c3nn12)OCN1C(=O)c2ccccc2C1=O. The molecule has 1 aliphatic heterocycles. The Bertz CT molecular complexity index is 1570. The number of carbonyl (C=O) groups is 3. The molecule has 0 aliphatic carbocycles. The van der Waals surface area contributed by atoms with E-state index < -0.39 is 24.5 Å². The van der Waals surface area contributed by atoms with Gasteiger partial charge in [0, 0.05) is 10.9 Å². The molecule has 162 valence electrons. The summed E-state index contributed by atoms with van der Waals surface area (Å²) in [4.78, 5) is 45.5. The van der Waals surface area contributed by atoms with Gasteiger partial charge in [-0.1, -0.05) is 42.1 Å². The molecule has 6 rings (SSSR count). The minimum absolute atomic E-state index is 0.114. The van der Waals surface area contributed by atoms with Crippen LogP contribution in [0.25, 0.3) is 27.8 Å². The Morgan fingerprint density at radius 1 is 1.00 bits per heavy atom. The molecule has 0 spiro atoms. The van der Waals surface area contributed by atoms with Crippen LogP contribution >= 0.6 is 11.8 Å². The number of fused-ring (bicyclic) bond motifs is 5. The first-order valence-corrected chi connectivity index (χ1v) is 10.8. The maximum Gasteiger partial charge on any atom is 0.318 e. The number of rotatable bonds is 5. The Balaban J connectivity index is 1.16. The number of H-pyrrole nitrogens is 1. The molecule has 0 atom stereocenters. The predicted octanol–water partition coefficient (Wildman–Crippen LogP) is 2.04. The van der Waals surface area contributed by atoms with Crippen LogP contribution in [0.1, 0.15) is 20.7 Å². The molecule has 1 aliphatic rings. The Labute approximate surface area is 188 Å². The first-order chi connectivity index (χ1) is 16.1. The molecule has 0 bridgehead atoms. The van der Waals surface area contributed by atoms with Crippen LogP contribution in [0.15, 0.2) is 53.7 Å². The van der Waals surface area contributed by atoms with Crippen LogP contribution in [-0.2, 0) is 9.53 Å². The average molecular weight is 459 g/mol. The average Bonchev–Trinajstić information content (AvgIpc) is 3.47. The van der Waals surface area contributed by atoms with Crippen LogP contribution in [0.3, 0.4) is 0 Å². The standard InChI is InChI=1S/C21H13N7O4S/c29-15(32-10-27-18(30)11-5-1-2-6-12(11)19(27)31)9-33-21-25-24-20-23-17-16(26-28(20)21)13-7-3-4-8-14(13)22-17/h1-8H,9-10H2,(H,22,23,24). The lowest BCUT2D eigenvalue weighted by atomic mass is 10.1. The number of carbonyl (C=O) groups excluding carboxylic acids is 3. The third-order valence-electron chi connectivity index (χ3n) is 5.22. The first-order valence-electron chi connectivity index (χ1n) is 9.83. The zero-order valence-corrected chi connectivity index (χ0v) is 17.6. The van der Waals surface area contributed by atoms with Crippen LogP contribution in [0.5, 0.6) is 0 Å². The Kier molecular flexibility index (Phi) is 4.33. The number of hydrogen-bond donors (Lipinski definition) is 1. The van der Waals surface area contributed by atoms with Crippen LogP contribution in [0.2, 0.25) is 0 Å². The van der Waals surface area contributed by atoms with Gasteiger partial charge in [-0.25, -0.2) is 4.90 Å². The van der Waals surface area contributed by atoms with Gasteiger partial charge in [-0.05, 0) is 18.2 Å². The highest BCUT2D eigenvalue weighted by Crippen LogP contribution is 2.24. The van der Waals surface area contributed by atoms with E-state index in [1.165, 1.54) is 4.52 Å². The third-order valence-corrected chi connectivity index (χ3v) is 6.11. The van der Waals surface area contributed by atoms with E-state index in [-0.39, 0.29) is 11.5 Å². The molecule has 0 radical (unpaired) electrons. The molecule has 0 unspecified atom stereocenters. The van der Waals surface area contributed by atoms with Crippen LogP contribution in [0.4, 0.5) is 0 Å². The molecule has 33 heavy (non-hydrogen) atoms. The Hall–Kier alpha value is -4.32. The number of aromatic amines is 1. The van der Waals surface area contributed by atoms with Gasteiger partial charge in [0.15, 0.2) is 12.4 Å². The largest absolute Gasteiger partial charge is 0.443 e.